The summed E-state index contributed by atoms with van der Waals surface area (Å²) in [6.07, 6.45) is -1.05. The molecule has 0 unspecified atom stereocenters. The fraction of sp³-hybridized carbons (Fsp3) is 0.789. The third-order valence-electron chi connectivity index (χ3n) is 15.7. The maximum atomic E-state index is 10.9. The molecule has 492 valence electrons. The highest BCUT2D eigenvalue weighted by molar-refractivity contribution is 8.01. The first-order chi connectivity index (χ1) is 42.2. The number of hydrogen-bond donors (Lipinski definition) is 12. The minimum atomic E-state index is -1.62. The van der Waals surface area contributed by atoms with Gasteiger partial charge in [0.2, 0.25) is 0 Å². The first-order valence-electron chi connectivity index (χ1n) is 30.7. The van der Waals surface area contributed by atoms with Crippen LogP contribution in [0.15, 0.2) is 33.3 Å². The molecule has 3 saturated heterocycles. The Kier molecular flexibility index (Phi) is 30.3. The van der Waals surface area contributed by atoms with E-state index >= 15 is 0 Å². The largest absolute Gasteiger partial charge is 0.394 e. The van der Waals surface area contributed by atoms with E-state index in [9.17, 15) is 61.3 Å². The molecule has 3 aliphatic heterocycles. The van der Waals surface area contributed by atoms with Crippen molar-refractivity contribution in [3.05, 3.63) is 52.4 Å². The monoisotopic (exact) mass is 1290 g/mol. The second-order valence-corrected chi connectivity index (χ2v) is 25.7. The van der Waals surface area contributed by atoms with Crippen molar-refractivity contribution in [1.29, 1.82) is 0 Å². The van der Waals surface area contributed by atoms with Gasteiger partial charge in [-0.25, -0.2) is 14.0 Å². The van der Waals surface area contributed by atoms with Crippen molar-refractivity contribution in [2.75, 3.05) is 37.1 Å². The van der Waals surface area contributed by atoms with Gasteiger partial charge in [0.1, 0.15) is 90.3 Å². The average molecular weight is 1290 g/mol. The van der Waals surface area contributed by atoms with Crippen LogP contribution in [0.2, 0.25) is 0 Å². The van der Waals surface area contributed by atoms with Gasteiger partial charge in [-0.15, -0.1) is 50.6 Å². The molecule has 27 nitrogen and oxygen atoms in total. The number of aliphatic hydroxyl groups excluding tert-OH is 12. The SMILES string of the molecule is CCCCCCCSc1c(COCc2cn([C@@H]3O[C@H](CO)[C@@H](O)[C@H](O)[C@H]3O)nn2)c(SCCCCCCC)c(COCc2cn([C@@H]3O[C@H](CO)[C@@H](O)[C@H](O)[C@H]3O)nn2)c(SCCCCCCC)c1COCc1cn([C@@H]2O[C@H](CO)[C@@H](O)[C@H](O)[C@H]2O)nn1. The van der Waals surface area contributed by atoms with Crippen LogP contribution in [-0.4, -0.2) is 217 Å². The van der Waals surface area contributed by atoms with Gasteiger partial charge in [0, 0.05) is 31.4 Å². The Morgan fingerprint density at radius 3 is 0.885 bits per heavy atom. The number of hydrogen-bond acceptors (Lipinski definition) is 27. The van der Waals surface area contributed by atoms with Gasteiger partial charge in [-0.2, -0.15) is 0 Å². The molecule has 0 bridgehead atoms. The highest BCUT2D eigenvalue weighted by atomic mass is 32.2. The van der Waals surface area contributed by atoms with Crippen LogP contribution < -0.4 is 0 Å². The minimum absolute atomic E-state index is 0.0419. The lowest BCUT2D eigenvalue weighted by Crippen LogP contribution is -2.56. The molecule has 0 aliphatic carbocycles. The summed E-state index contributed by atoms with van der Waals surface area (Å²) in [5, 5.41) is 151. The smallest absolute Gasteiger partial charge is 0.180 e. The van der Waals surface area contributed by atoms with Gasteiger partial charge in [0.25, 0.3) is 0 Å². The van der Waals surface area contributed by atoms with E-state index in [1.165, 1.54) is 32.6 Å². The normalized spacial score (nSPS) is 27.8. The number of rotatable bonds is 39. The lowest BCUT2D eigenvalue weighted by atomic mass is 9.98. The van der Waals surface area contributed by atoms with E-state index in [2.05, 4.69) is 51.7 Å². The Labute approximate surface area is 520 Å². The van der Waals surface area contributed by atoms with E-state index in [0.29, 0.717) is 17.1 Å². The Balaban J connectivity index is 1.28. The molecule has 15 atom stereocenters. The molecule has 3 aromatic heterocycles. The number of benzene rings is 1. The van der Waals surface area contributed by atoms with Crippen LogP contribution >= 0.6 is 35.3 Å². The third kappa shape index (κ3) is 19.3. The fourth-order valence-corrected chi connectivity index (χ4v) is 14.5. The summed E-state index contributed by atoms with van der Waals surface area (Å²) in [5.74, 6) is 2.35. The summed E-state index contributed by atoms with van der Waals surface area (Å²) in [7, 11) is 0. The molecule has 0 saturated carbocycles. The highest BCUT2D eigenvalue weighted by Gasteiger charge is 2.47. The Morgan fingerprint density at radius 1 is 0.368 bits per heavy atom. The van der Waals surface area contributed by atoms with Crippen molar-refractivity contribution in [3.63, 3.8) is 0 Å². The van der Waals surface area contributed by atoms with Gasteiger partial charge >= 0.3 is 0 Å². The predicted molar refractivity (Wildman–Crippen MR) is 317 cm³/mol. The van der Waals surface area contributed by atoms with Crippen molar-refractivity contribution < 1.29 is 89.7 Å². The van der Waals surface area contributed by atoms with Crippen LogP contribution in [0, 0.1) is 0 Å². The second kappa shape index (κ2) is 36.9. The van der Waals surface area contributed by atoms with E-state index in [1.807, 2.05) is 0 Å². The molecule has 6 heterocycles. The summed E-state index contributed by atoms with van der Waals surface area (Å²) < 4.78 is 41.0. The number of unbranched alkanes of at least 4 members (excludes halogenated alkanes) is 12. The number of aromatic nitrogens is 9. The Bertz CT molecular complexity index is 2310. The fourth-order valence-electron chi connectivity index (χ4n) is 10.6. The van der Waals surface area contributed by atoms with Crippen molar-refractivity contribution >= 4 is 35.3 Å². The van der Waals surface area contributed by atoms with Crippen molar-refractivity contribution in [2.24, 2.45) is 0 Å². The van der Waals surface area contributed by atoms with Gasteiger partial charge in [-0.05, 0) is 36.5 Å². The van der Waals surface area contributed by atoms with Crippen LogP contribution in [0.25, 0.3) is 0 Å². The first kappa shape index (κ1) is 71.4. The van der Waals surface area contributed by atoms with E-state index in [0.717, 1.165) is 145 Å². The van der Waals surface area contributed by atoms with Crippen molar-refractivity contribution in [3.8, 4) is 0 Å². The molecule has 87 heavy (non-hydrogen) atoms. The van der Waals surface area contributed by atoms with Crippen LogP contribution in [-0.2, 0) is 68.1 Å². The average Bonchev–Trinajstić information content (AvgIpc) is 1.58. The van der Waals surface area contributed by atoms with E-state index in [1.54, 1.807) is 35.3 Å². The lowest BCUT2D eigenvalue weighted by Gasteiger charge is -2.39. The molecule has 0 radical (unpaired) electrons. The maximum Gasteiger partial charge on any atom is 0.180 e. The van der Waals surface area contributed by atoms with Gasteiger partial charge in [-0.1, -0.05) is 113 Å². The molecule has 3 fully saturated rings. The standard InChI is InChI=1S/C57H93N9O18S3/c1-4-7-10-13-16-19-85-52-37(31-79-28-34-22-64(61-58-34)55-49(76)46(73)43(70)40(25-67)82-55)53(86-20-17-14-11-8-5-2)39(33-81-30-36-24-66(63-60-36)57-51(78)48(75)45(72)42(27-69)84-57)54(87-21-18-15-12-9-6-3)38(52)32-80-29-35-23-65(62-59-35)56-50(77)47(74)44(71)41(26-68)83-56/h22-24,40-51,55-57,67-78H,4-21,25-33H2,1-3H3/t40-,41-,42-,43-,44-,45-,46+,47+,48+,49-,50-,51-,55-,56-,57-/m1/s1. The number of aliphatic hydroxyl groups is 12. The summed E-state index contributed by atoms with van der Waals surface area (Å²) >= 11 is 5.22. The van der Waals surface area contributed by atoms with E-state index in [4.69, 9.17) is 28.4 Å². The van der Waals surface area contributed by atoms with Gasteiger partial charge in [0.05, 0.1) is 78.1 Å². The lowest BCUT2D eigenvalue weighted by molar-refractivity contribution is -0.254. The topological polar surface area (TPSA) is 390 Å². The van der Waals surface area contributed by atoms with Crippen LogP contribution in [0.1, 0.15) is 170 Å². The molecule has 3 aliphatic rings. The van der Waals surface area contributed by atoms with Crippen molar-refractivity contribution in [1.82, 2.24) is 45.0 Å². The Morgan fingerprint density at radius 2 is 0.632 bits per heavy atom. The first-order valence-corrected chi connectivity index (χ1v) is 33.6. The number of ether oxygens (including phenoxy) is 6. The van der Waals surface area contributed by atoms with Crippen LogP contribution in [0.4, 0.5) is 0 Å². The molecule has 7 rings (SSSR count). The highest BCUT2D eigenvalue weighted by Crippen LogP contribution is 2.46. The zero-order valence-electron chi connectivity index (χ0n) is 50.0. The zero-order chi connectivity index (χ0) is 62.4. The second-order valence-electron chi connectivity index (χ2n) is 22.4. The van der Waals surface area contributed by atoms with Gasteiger partial charge < -0.3 is 89.7 Å². The molecular weight excluding hydrogens is 1190 g/mol. The van der Waals surface area contributed by atoms with Gasteiger partial charge in [0.15, 0.2) is 18.7 Å². The van der Waals surface area contributed by atoms with Gasteiger partial charge in [-0.3, -0.25) is 0 Å². The Hall–Kier alpha value is -3.03. The van der Waals surface area contributed by atoms with Crippen LogP contribution in [0.5, 0.6) is 0 Å². The van der Waals surface area contributed by atoms with E-state index < -0.39 is 112 Å². The van der Waals surface area contributed by atoms with Crippen molar-refractivity contribution in [2.45, 2.75) is 263 Å². The zero-order valence-corrected chi connectivity index (χ0v) is 52.5. The summed E-state index contributed by atoms with van der Waals surface area (Å²) in [6.45, 7) is 4.87. The number of thioether (sulfide) groups is 3. The van der Waals surface area contributed by atoms with E-state index in [-0.39, 0.29) is 39.6 Å². The third-order valence-corrected chi connectivity index (χ3v) is 19.5. The predicted octanol–water partition coefficient (Wildman–Crippen LogP) is 2.72. The molecule has 4 aromatic rings. The molecule has 1 aromatic carbocycles. The quantitative estimate of drug-likeness (QED) is 0.0226. The summed E-state index contributed by atoms with van der Waals surface area (Å²) in [5.41, 5.74) is 3.83. The number of nitrogens with zero attached hydrogens (tertiary/aromatic N) is 9. The summed E-state index contributed by atoms with van der Waals surface area (Å²) in [6, 6.07) is 0. The minimum Gasteiger partial charge on any atom is -0.394 e. The molecule has 0 spiro atoms. The molecular formula is C57H93N9O18S3. The molecule has 12 N–H and O–H groups in total. The summed E-state index contributed by atoms with van der Waals surface area (Å²) in [4.78, 5) is 2.94. The molecule has 30 heteroatoms. The molecule has 0 amide bonds. The maximum absolute atomic E-state index is 10.9. The van der Waals surface area contributed by atoms with Crippen LogP contribution in [0.3, 0.4) is 0 Å².